The van der Waals surface area contributed by atoms with Crippen molar-refractivity contribution in [2.45, 2.75) is 6.18 Å². The number of carbonyl (C=O) groups excluding carboxylic acids is 1. The van der Waals surface area contributed by atoms with Gasteiger partial charge in [-0.15, -0.1) is 0 Å². The predicted molar refractivity (Wildman–Crippen MR) is 37.6 cm³/mol. The summed E-state index contributed by atoms with van der Waals surface area (Å²) in [5.74, 6) is -2.73. The van der Waals surface area contributed by atoms with Crippen molar-refractivity contribution in [2.75, 3.05) is 6.54 Å². The Kier molecular flexibility index (Phi) is 4.47. The number of halogens is 3. The monoisotopic (exact) mass is 210 g/mol. The number of hydrogen-bond acceptors (Lipinski definition) is 4. The van der Waals surface area contributed by atoms with Gasteiger partial charge in [0.1, 0.15) is 6.54 Å². The van der Waals surface area contributed by atoms with Crippen LogP contribution in [0.2, 0.25) is 0 Å². The first kappa shape index (κ1) is 12.3. The SMILES string of the molecule is O=C(O)C(F)(F)F.O=C1C=CN=NC1. The molecule has 0 spiro atoms. The van der Waals surface area contributed by atoms with Crippen molar-refractivity contribution in [3.63, 3.8) is 0 Å². The van der Waals surface area contributed by atoms with E-state index in [9.17, 15) is 18.0 Å². The first-order chi connectivity index (χ1) is 6.34. The maximum atomic E-state index is 10.6. The van der Waals surface area contributed by atoms with Gasteiger partial charge in [-0.1, -0.05) is 0 Å². The molecule has 0 bridgehead atoms. The highest BCUT2D eigenvalue weighted by Crippen LogP contribution is 2.13. The van der Waals surface area contributed by atoms with Gasteiger partial charge in [-0.25, -0.2) is 4.79 Å². The number of carboxylic acid groups (broad SMARTS) is 1. The van der Waals surface area contributed by atoms with Crippen molar-refractivity contribution in [2.24, 2.45) is 10.2 Å². The molecule has 1 N–H and O–H groups in total. The minimum atomic E-state index is -5.08. The highest BCUT2D eigenvalue weighted by molar-refractivity contribution is 5.91. The van der Waals surface area contributed by atoms with E-state index in [2.05, 4.69) is 10.2 Å². The molecule has 1 rings (SSSR count). The van der Waals surface area contributed by atoms with E-state index in [1.807, 2.05) is 0 Å². The second-order valence-electron chi connectivity index (χ2n) is 2.00. The number of ketones is 1. The molecule has 0 aromatic rings. The summed E-state index contributed by atoms with van der Waals surface area (Å²) in [4.78, 5) is 19.1. The van der Waals surface area contributed by atoms with Crippen LogP contribution in [0.1, 0.15) is 0 Å². The molecule has 0 aliphatic carbocycles. The van der Waals surface area contributed by atoms with Gasteiger partial charge < -0.3 is 5.11 Å². The van der Waals surface area contributed by atoms with Crippen LogP contribution >= 0.6 is 0 Å². The molecule has 1 heterocycles. The normalized spacial score (nSPS) is 14.6. The largest absolute Gasteiger partial charge is 0.490 e. The summed E-state index contributed by atoms with van der Waals surface area (Å²) in [5.41, 5.74) is 0. The van der Waals surface area contributed by atoms with Gasteiger partial charge in [-0.3, -0.25) is 4.79 Å². The molecule has 0 aromatic carbocycles. The molecule has 5 nitrogen and oxygen atoms in total. The number of rotatable bonds is 0. The average Bonchev–Trinajstić information content (AvgIpc) is 2.04. The summed E-state index contributed by atoms with van der Waals surface area (Å²) in [6.45, 7) is 0.219. The fourth-order valence-corrected chi connectivity index (χ4v) is 0.327. The van der Waals surface area contributed by atoms with Gasteiger partial charge in [0.15, 0.2) is 5.78 Å². The van der Waals surface area contributed by atoms with E-state index in [4.69, 9.17) is 9.90 Å². The highest BCUT2D eigenvalue weighted by Gasteiger charge is 2.38. The Morgan fingerprint density at radius 2 is 2.00 bits per heavy atom. The van der Waals surface area contributed by atoms with Crippen LogP contribution in [-0.4, -0.2) is 29.6 Å². The Balaban J connectivity index is 0.000000241. The van der Waals surface area contributed by atoms with Crippen LogP contribution in [0.5, 0.6) is 0 Å². The number of aliphatic carboxylic acids is 1. The van der Waals surface area contributed by atoms with Crippen LogP contribution in [0.3, 0.4) is 0 Å². The molecule has 0 fully saturated rings. The quantitative estimate of drug-likeness (QED) is 0.651. The highest BCUT2D eigenvalue weighted by atomic mass is 19.4. The van der Waals surface area contributed by atoms with Gasteiger partial charge in [-0.05, 0) is 0 Å². The van der Waals surface area contributed by atoms with Gasteiger partial charge in [0, 0.05) is 6.08 Å². The number of carboxylic acids is 1. The van der Waals surface area contributed by atoms with E-state index in [0.717, 1.165) is 0 Å². The van der Waals surface area contributed by atoms with Crippen molar-refractivity contribution in [1.82, 2.24) is 0 Å². The van der Waals surface area contributed by atoms with Crippen molar-refractivity contribution in [1.29, 1.82) is 0 Å². The van der Waals surface area contributed by atoms with Crippen LogP contribution < -0.4 is 0 Å². The van der Waals surface area contributed by atoms with Crippen LogP contribution in [0.25, 0.3) is 0 Å². The van der Waals surface area contributed by atoms with Crippen molar-refractivity contribution >= 4 is 11.8 Å². The lowest BCUT2D eigenvalue weighted by Gasteiger charge is -1.93. The second-order valence-corrected chi connectivity index (χ2v) is 2.00. The summed E-state index contributed by atoms with van der Waals surface area (Å²) in [6, 6.07) is 0. The molecule has 0 saturated carbocycles. The van der Waals surface area contributed by atoms with Crippen LogP contribution in [-0.2, 0) is 9.59 Å². The van der Waals surface area contributed by atoms with Crippen LogP contribution in [0.4, 0.5) is 13.2 Å². The van der Waals surface area contributed by atoms with Gasteiger partial charge in [0.2, 0.25) is 0 Å². The lowest BCUT2D eigenvalue weighted by molar-refractivity contribution is -0.192. The first-order valence-corrected chi connectivity index (χ1v) is 3.20. The van der Waals surface area contributed by atoms with E-state index >= 15 is 0 Å². The first-order valence-electron chi connectivity index (χ1n) is 3.20. The minimum Gasteiger partial charge on any atom is -0.475 e. The molecule has 0 amide bonds. The van der Waals surface area contributed by atoms with Gasteiger partial charge in [0.25, 0.3) is 0 Å². The Morgan fingerprint density at radius 3 is 2.14 bits per heavy atom. The molecule has 0 unspecified atom stereocenters. The van der Waals surface area contributed by atoms with Crippen molar-refractivity contribution in [3.05, 3.63) is 12.3 Å². The summed E-state index contributed by atoms with van der Waals surface area (Å²) in [7, 11) is 0. The summed E-state index contributed by atoms with van der Waals surface area (Å²) < 4.78 is 31.7. The number of nitrogens with zero attached hydrogens (tertiary/aromatic N) is 2. The van der Waals surface area contributed by atoms with Crippen LogP contribution in [0.15, 0.2) is 22.5 Å². The number of azo groups is 1. The van der Waals surface area contributed by atoms with Gasteiger partial charge >= 0.3 is 12.1 Å². The zero-order chi connectivity index (χ0) is 11.2. The molecular formula is C6H5F3N2O3. The zero-order valence-corrected chi connectivity index (χ0v) is 6.65. The molecule has 1 aliphatic rings. The molecular weight excluding hydrogens is 205 g/mol. The van der Waals surface area contributed by atoms with E-state index in [1.54, 1.807) is 0 Å². The number of carbonyl (C=O) groups is 2. The molecule has 0 aromatic heterocycles. The fourth-order valence-electron chi connectivity index (χ4n) is 0.327. The van der Waals surface area contributed by atoms with Gasteiger partial charge in [0.05, 0.1) is 6.20 Å². The number of alkyl halides is 3. The minimum absolute atomic E-state index is 0.0231. The predicted octanol–water partition coefficient (Wildman–Crippen LogP) is 1.17. The topological polar surface area (TPSA) is 79.1 Å². The molecule has 14 heavy (non-hydrogen) atoms. The van der Waals surface area contributed by atoms with Crippen LogP contribution in [0, 0.1) is 0 Å². The third kappa shape index (κ3) is 5.86. The molecule has 1 aliphatic heterocycles. The maximum Gasteiger partial charge on any atom is 0.490 e. The van der Waals surface area contributed by atoms with E-state index in [0.29, 0.717) is 0 Å². The lowest BCUT2D eigenvalue weighted by atomic mass is 10.4. The van der Waals surface area contributed by atoms with Crippen molar-refractivity contribution < 1.29 is 27.9 Å². The zero-order valence-electron chi connectivity index (χ0n) is 6.65. The Hall–Kier alpha value is -1.73. The standard InChI is InChI=1S/C4H4N2O.C2HF3O2/c7-4-1-2-5-6-3-4;3-2(4,5)1(6)7/h1-2H,3H2;(H,6,7). The molecule has 8 heteroatoms. The Labute approximate surface area is 75.9 Å². The molecule has 0 saturated heterocycles. The van der Waals surface area contributed by atoms with Gasteiger partial charge in [-0.2, -0.15) is 23.4 Å². The fraction of sp³-hybridized carbons (Fsp3) is 0.333. The summed E-state index contributed by atoms with van der Waals surface area (Å²) >= 11 is 0. The summed E-state index contributed by atoms with van der Waals surface area (Å²) in [5, 5.41) is 14.0. The summed E-state index contributed by atoms with van der Waals surface area (Å²) in [6.07, 6.45) is -2.28. The molecule has 78 valence electrons. The van der Waals surface area contributed by atoms with E-state index < -0.39 is 12.1 Å². The third-order valence-electron chi connectivity index (χ3n) is 0.878. The van der Waals surface area contributed by atoms with E-state index in [1.165, 1.54) is 12.3 Å². The average molecular weight is 210 g/mol. The molecule has 0 atom stereocenters. The van der Waals surface area contributed by atoms with E-state index in [-0.39, 0.29) is 12.3 Å². The van der Waals surface area contributed by atoms with Crippen molar-refractivity contribution in [3.8, 4) is 0 Å². The lowest BCUT2D eigenvalue weighted by Crippen LogP contribution is -2.21. The maximum absolute atomic E-state index is 10.6. The smallest absolute Gasteiger partial charge is 0.475 e. The Bertz CT molecular complexity index is 283. The third-order valence-corrected chi connectivity index (χ3v) is 0.878. The Morgan fingerprint density at radius 1 is 1.50 bits per heavy atom. The number of hydrogen-bond donors (Lipinski definition) is 1. The second kappa shape index (κ2) is 5.10. The molecule has 0 radical (unpaired) electrons.